The van der Waals surface area contributed by atoms with Crippen LogP contribution in [0, 0.1) is 3.57 Å². The molecule has 0 aromatic heterocycles. The first-order valence-corrected chi connectivity index (χ1v) is 8.80. The monoisotopic (exact) mass is 382 g/mol. The molecule has 1 aromatic carbocycles. The van der Waals surface area contributed by atoms with Gasteiger partial charge in [-0.25, -0.2) is 8.42 Å². The summed E-state index contributed by atoms with van der Waals surface area (Å²) in [7, 11) is -2.88. The quantitative estimate of drug-likeness (QED) is 0.430. The molecule has 4 nitrogen and oxygen atoms in total. The van der Waals surface area contributed by atoms with Gasteiger partial charge in [-0.3, -0.25) is 11.3 Å². The number of nitrogens with one attached hydrogen (secondary N) is 1. The van der Waals surface area contributed by atoms with Crippen LogP contribution >= 0.6 is 22.6 Å². The van der Waals surface area contributed by atoms with Gasteiger partial charge in [0, 0.05) is 15.4 Å². The summed E-state index contributed by atoms with van der Waals surface area (Å²) in [4.78, 5) is 0. The Morgan fingerprint density at radius 1 is 1.33 bits per heavy atom. The zero-order valence-electron chi connectivity index (χ0n) is 10.4. The molecule has 0 fully saturated rings. The average Bonchev–Trinajstić information content (AvgIpc) is 2.36. The maximum absolute atomic E-state index is 11.4. The Hall–Kier alpha value is -0.180. The molecule has 0 aliphatic heterocycles. The number of nitrogens with two attached hydrogens (primary N) is 1. The van der Waals surface area contributed by atoms with Gasteiger partial charge in [0.25, 0.3) is 0 Å². The molecule has 1 unspecified atom stereocenters. The summed E-state index contributed by atoms with van der Waals surface area (Å²) in [5, 5.41) is 0. The van der Waals surface area contributed by atoms with E-state index in [0.29, 0.717) is 6.42 Å². The van der Waals surface area contributed by atoms with Crippen LogP contribution < -0.4 is 11.3 Å². The Kier molecular flexibility index (Phi) is 6.54. The second-order valence-electron chi connectivity index (χ2n) is 4.15. The van der Waals surface area contributed by atoms with Crippen molar-refractivity contribution in [2.24, 2.45) is 5.84 Å². The Labute approximate surface area is 122 Å². The minimum atomic E-state index is -2.88. The van der Waals surface area contributed by atoms with E-state index in [1.807, 2.05) is 24.3 Å². The molecule has 0 amide bonds. The second kappa shape index (κ2) is 7.42. The molecule has 6 heteroatoms. The van der Waals surface area contributed by atoms with E-state index in [4.69, 9.17) is 5.84 Å². The van der Waals surface area contributed by atoms with Crippen LogP contribution in [-0.2, 0) is 9.84 Å². The van der Waals surface area contributed by atoms with E-state index in [1.54, 1.807) is 6.92 Å². The molecular formula is C12H19IN2O2S. The van der Waals surface area contributed by atoms with Gasteiger partial charge in [0.2, 0.25) is 0 Å². The molecule has 0 bridgehead atoms. The van der Waals surface area contributed by atoms with Crippen molar-refractivity contribution in [2.75, 3.05) is 11.5 Å². The van der Waals surface area contributed by atoms with Crippen molar-refractivity contribution in [3.8, 4) is 0 Å². The van der Waals surface area contributed by atoms with Crippen molar-refractivity contribution < 1.29 is 8.42 Å². The predicted molar refractivity (Wildman–Crippen MR) is 82.8 cm³/mol. The number of hydrogen-bond acceptors (Lipinski definition) is 4. The maximum atomic E-state index is 11.4. The normalized spacial score (nSPS) is 13.5. The summed E-state index contributed by atoms with van der Waals surface area (Å²) in [6.45, 7) is 1.67. The highest BCUT2D eigenvalue weighted by atomic mass is 127. The number of hydrogen-bond donors (Lipinski definition) is 2. The van der Waals surface area contributed by atoms with Crippen LogP contribution in [0.2, 0.25) is 0 Å². The van der Waals surface area contributed by atoms with Crippen LogP contribution in [0.4, 0.5) is 0 Å². The smallest absolute Gasteiger partial charge is 0.150 e. The first kappa shape index (κ1) is 15.9. The fourth-order valence-electron chi connectivity index (χ4n) is 1.69. The van der Waals surface area contributed by atoms with Gasteiger partial charge in [0.05, 0.1) is 5.75 Å². The van der Waals surface area contributed by atoms with Gasteiger partial charge in [-0.15, -0.1) is 0 Å². The molecule has 1 atom stereocenters. The third-order valence-corrected chi connectivity index (χ3v) is 5.37. The molecule has 18 heavy (non-hydrogen) atoms. The third kappa shape index (κ3) is 5.21. The van der Waals surface area contributed by atoms with Gasteiger partial charge in [-0.1, -0.05) is 19.1 Å². The number of benzene rings is 1. The van der Waals surface area contributed by atoms with E-state index in [-0.39, 0.29) is 17.5 Å². The van der Waals surface area contributed by atoms with Gasteiger partial charge in [0.1, 0.15) is 9.84 Å². The van der Waals surface area contributed by atoms with Crippen LogP contribution in [0.15, 0.2) is 24.3 Å². The summed E-state index contributed by atoms with van der Waals surface area (Å²) in [5.41, 5.74) is 3.83. The molecule has 1 rings (SSSR count). The highest BCUT2D eigenvalue weighted by Crippen LogP contribution is 2.19. The first-order valence-electron chi connectivity index (χ1n) is 5.90. The largest absolute Gasteiger partial charge is 0.271 e. The highest BCUT2D eigenvalue weighted by Gasteiger charge is 2.12. The van der Waals surface area contributed by atoms with Gasteiger partial charge in [-0.2, -0.15) is 0 Å². The lowest BCUT2D eigenvalue weighted by Gasteiger charge is -2.16. The predicted octanol–water partition coefficient (Wildman–Crippen LogP) is 2.01. The standard InChI is InChI=1S/C12H19IN2O2S/c1-2-18(16,17)9-3-4-12(15-14)10-5-7-11(13)8-6-10/h5-8,12,15H,2-4,9,14H2,1H3. The van der Waals surface area contributed by atoms with Crippen LogP contribution in [0.5, 0.6) is 0 Å². The molecule has 0 saturated heterocycles. The molecular weight excluding hydrogens is 363 g/mol. The van der Waals surface area contributed by atoms with E-state index in [9.17, 15) is 8.42 Å². The SMILES string of the molecule is CCS(=O)(=O)CCCC(NN)c1ccc(I)cc1. The van der Waals surface area contributed by atoms with E-state index in [1.165, 1.54) is 3.57 Å². The van der Waals surface area contributed by atoms with E-state index < -0.39 is 9.84 Å². The van der Waals surface area contributed by atoms with E-state index >= 15 is 0 Å². The van der Waals surface area contributed by atoms with Crippen molar-refractivity contribution >= 4 is 32.4 Å². The molecule has 0 radical (unpaired) electrons. The Balaban J connectivity index is 2.55. The van der Waals surface area contributed by atoms with Crippen molar-refractivity contribution in [1.82, 2.24) is 5.43 Å². The fourth-order valence-corrected chi connectivity index (χ4v) is 2.95. The van der Waals surface area contributed by atoms with Crippen LogP contribution in [-0.4, -0.2) is 19.9 Å². The van der Waals surface area contributed by atoms with Gasteiger partial charge < -0.3 is 0 Å². The molecule has 0 saturated carbocycles. The Morgan fingerprint density at radius 3 is 2.44 bits per heavy atom. The lowest BCUT2D eigenvalue weighted by molar-refractivity contribution is 0.507. The summed E-state index contributed by atoms with van der Waals surface area (Å²) in [6.07, 6.45) is 1.34. The molecule has 3 N–H and O–H groups in total. The lowest BCUT2D eigenvalue weighted by atomic mass is 10.0. The van der Waals surface area contributed by atoms with Gasteiger partial charge >= 0.3 is 0 Å². The van der Waals surface area contributed by atoms with Gasteiger partial charge in [-0.05, 0) is 53.1 Å². The van der Waals surface area contributed by atoms with E-state index in [0.717, 1.165) is 12.0 Å². The minimum absolute atomic E-state index is 0.00839. The summed E-state index contributed by atoms with van der Waals surface area (Å²) < 4.78 is 24.0. The molecule has 0 aliphatic rings. The molecule has 0 heterocycles. The second-order valence-corrected chi connectivity index (χ2v) is 7.87. The Bertz CT molecular complexity index is 459. The highest BCUT2D eigenvalue weighted by molar-refractivity contribution is 14.1. The molecule has 102 valence electrons. The van der Waals surface area contributed by atoms with Crippen molar-refractivity contribution in [1.29, 1.82) is 0 Å². The van der Waals surface area contributed by atoms with Crippen LogP contribution in [0.3, 0.4) is 0 Å². The summed E-state index contributed by atoms with van der Waals surface area (Å²) in [5.74, 6) is 5.96. The zero-order chi connectivity index (χ0) is 13.6. The first-order chi connectivity index (χ1) is 8.48. The van der Waals surface area contributed by atoms with Crippen LogP contribution in [0.1, 0.15) is 31.4 Å². The molecule has 0 spiro atoms. The average molecular weight is 382 g/mol. The Morgan fingerprint density at radius 2 is 1.94 bits per heavy atom. The van der Waals surface area contributed by atoms with Gasteiger partial charge in [0.15, 0.2) is 0 Å². The minimum Gasteiger partial charge on any atom is -0.271 e. The summed E-state index contributed by atoms with van der Waals surface area (Å²) >= 11 is 2.25. The van der Waals surface area contributed by atoms with Crippen molar-refractivity contribution in [2.45, 2.75) is 25.8 Å². The number of hydrazine groups is 1. The number of halogens is 1. The topological polar surface area (TPSA) is 72.2 Å². The van der Waals surface area contributed by atoms with Crippen LogP contribution in [0.25, 0.3) is 0 Å². The van der Waals surface area contributed by atoms with Crippen molar-refractivity contribution in [3.63, 3.8) is 0 Å². The number of rotatable bonds is 7. The third-order valence-electron chi connectivity index (χ3n) is 2.86. The maximum Gasteiger partial charge on any atom is 0.150 e. The summed E-state index contributed by atoms with van der Waals surface area (Å²) in [6, 6.07) is 8.07. The molecule has 1 aromatic rings. The lowest BCUT2D eigenvalue weighted by Crippen LogP contribution is -2.28. The van der Waals surface area contributed by atoms with Crippen molar-refractivity contribution in [3.05, 3.63) is 33.4 Å². The molecule has 0 aliphatic carbocycles. The van der Waals surface area contributed by atoms with E-state index in [2.05, 4.69) is 28.0 Å². The number of sulfone groups is 1. The zero-order valence-corrected chi connectivity index (χ0v) is 13.4. The fraction of sp³-hybridized carbons (Fsp3) is 0.500.